The minimum Gasteiger partial charge on any atom is -0.486 e. The van der Waals surface area contributed by atoms with E-state index in [-0.39, 0.29) is 12.1 Å². The van der Waals surface area contributed by atoms with Crippen molar-refractivity contribution in [2.45, 2.75) is 12.1 Å². The van der Waals surface area contributed by atoms with Gasteiger partial charge >= 0.3 is 0 Å². The highest BCUT2D eigenvalue weighted by atomic mass is 16.5. The molecule has 0 bridgehead atoms. The zero-order valence-corrected chi connectivity index (χ0v) is 10.2. The molecule has 3 heteroatoms. The Morgan fingerprint density at radius 3 is 2.83 bits per heavy atom. The van der Waals surface area contributed by atoms with Crippen LogP contribution < -0.4 is 4.74 Å². The highest BCUT2D eigenvalue weighted by molar-refractivity contribution is 5.85. The summed E-state index contributed by atoms with van der Waals surface area (Å²) >= 11 is 0. The first-order valence-electron chi connectivity index (χ1n) is 6.24. The Hall–Kier alpha value is -2.03. The molecule has 0 saturated carbocycles. The van der Waals surface area contributed by atoms with Gasteiger partial charge in [-0.05, 0) is 22.9 Å². The van der Waals surface area contributed by atoms with Gasteiger partial charge in [0.05, 0.1) is 12.9 Å². The van der Waals surface area contributed by atoms with Gasteiger partial charge < -0.3 is 9.64 Å². The van der Waals surface area contributed by atoms with E-state index < -0.39 is 0 Å². The molecule has 0 aromatic heterocycles. The van der Waals surface area contributed by atoms with Gasteiger partial charge in [-0.25, -0.2) is 0 Å². The molecule has 0 radical (unpaired) electrons. The van der Waals surface area contributed by atoms with Gasteiger partial charge in [0.25, 0.3) is 0 Å². The van der Waals surface area contributed by atoms with Crippen molar-refractivity contribution in [3.63, 3.8) is 0 Å². The maximum Gasteiger partial charge on any atom is 0.143 e. The molecule has 0 spiro atoms. The van der Waals surface area contributed by atoms with E-state index in [1.807, 2.05) is 13.4 Å². The lowest BCUT2D eigenvalue weighted by Gasteiger charge is -2.26. The van der Waals surface area contributed by atoms with E-state index in [4.69, 9.17) is 4.74 Å². The predicted octanol–water partition coefficient (Wildman–Crippen LogP) is 2.62. The van der Waals surface area contributed by atoms with Crippen LogP contribution in [0.15, 0.2) is 41.4 Å². The summed E-state index contributed by atoms with van der Waals surface area (Å²) in [4.78, 5) is 6.67. The zero-order chi connectivity index (χ0) is 12.1. The predicted molar refractivity (Wildman–Crippen MR) is 72.2 cm³/mol. The molecule has 4 rings (SSSR count). The first kappa shape index (κ1) is 9.95. The molecule has 18 heavy (non-hydrogen) atoms. The number of ether oxygens (including phenoxy) is 1. The van der Waals surface area contributed by atoms with Crippen molar-refractivity contribution >= 4 is 17.1 Å². The monoisotopic (exact) mass is 238 g/mol. The Labute approximate surface area is 106 Å². The number of hydrogen-bond acceptors (Lipinski definition) is 3. The summed E-state index contributed by atoms with van der Waals surface area (Å²) in [6.45, 7) is 0.902. The SMILES string of the molecule is CN1C=NC2c3cc4ccccc4cc3OC2C1. The first-order chi connectivity index (χ1) is 8.81. The lowest BCUT2D eigenvalue weighted by molar-refractivity contribution is 0.170. The molecule has 2 aliphatic rings. The number of likely N-dealkylation sites (N-methyl/N-ethyl adjacent to an activating group) is 1. The van der Waals surface area contributed by atoms with E-state index in [0.717, 1.165) is 12.3 Å². The van der Waals surface area contributed by atoms with Gasteiger partial charge in [-0.15, -0.1) is 0 Å². The third-order valence-electron chi connectivity index (χ3n) is 3.72. The fourth-order valence-corrected chi connectivity index (χ4v) is 2.83. The number of nitrogens with zero attached hydrogens (tertiary/aromatic N) is 2. The summed E-state index contributed by atoms with van der Waals surface area (Å²) in [6.07, 6.45) is 2.07. The Bertz CT molecular complexity index is 650. The second-order valence-electron chi connectivity index (χ2n) is 5.04. The zero-order valence-electron chi connectivity index (χ0n) is 10.2. The van der Waals surface area contributed by atoms with Gasteiger partial charge in [-0.1, -0.05) is 24.3 Å². The molecule has 2 aromatic rings. The van der Waals surface area contributed by atoms with Crippen LogP contribution in [0.4, 0.5) is 0 Å². The second kappa shape index (κ2) is 3.48. The minimum absolute atomic E-state index is 0.159. The number of rotatable bonds is 0. The highest BCUT2D eigenvalue weighted by Gasteiger charge is 2.36. The van der Waals surface area contributed by atoms with Crippen LogP contribution in [0.25, 0.3) is 10.8 Å². The fraction of sp³-hybridized carbons (Fsp3) is 0.267. The van der Waals surface area contributed by atoms with Crippen molar-refractivity contribution in [3.05, 3.63) is 42.0 Å². The number of hydrogen-bond donors (Lipinski definition) is 0. The molecule has 2 aliphatic heterocycles. The molecular formula is C15H14N2O. The van der Waals surface area contributed by atoms with Crippen LogP contribution in [0, 0.1) is 0 Å². The van der Waals surface area contributed by atoms with Gasteiger partial charge in [0.1, 0.15) is 17.9 Å². The molecule has 2 unspecified atom stereocenters. The summed E-state index contributed by atoms with van der Waals surface area (Å²) in [6, 6.07) is 12.9. The van der Waals surface area contributed by atoms with Crippen LogP contribution >= 0.6 is 0 Å². The van der Waals surface area contributed by atoms with E-state index in [0.29, 0.717) is 0 Å². The van der Waals surface area contributed by atoms with E-state index in [2.05, 4.69) is 46.3 Å². The van der Waals surface area contributed by atoms with Gasteiger partial charge in [0, 0.05) is 12.6 Å². The van der Waals surface area contributed by atoms with Gasteiger partial charge in [-0.2, -0.15) is 0 Å². The average Bonchev–Trinajstić information content (AvgIpc) is 2.72. The molecule has 2 heterocycles. The standard InChI is InChI=1S/C15H14N2O/c1-17-8-14-15(16-9-17)12-6-10-4-2-3-5-11(10)7-13(12)18-14/h2-7,9,14-15H,8H2,1H3. The van der Waals surface area contributed by atoms with Crippen molar-refractivity contribution in [3.8, 4) is 5.75 Å². The molecule has 2 aromatic carbocycles. The molecule has 3 nitrogen and oxygen atoms in total. The van der Waals surface area contributed by atoms with Crippen LogP contribution in [0.3, 0.4) is 0 Å². The van der Waals surface area contributed by atoms with E-state index >= 15 is 0 Å². The maximum atomic E-state index is 6.03. The van der Waals surface area contributed by atoms with Crippen molar-refractivity contribution < 1.29 is 4.74 Å². The van der Waals surface area contributed by atoms with Crippen LogP contribution in [0.5, 0.6) is 5.75 Å². The van der Waals surface area contributed by atoms with E-state index in [9.17, 15) is 0 Å². The summed E-state index contributed by atoms with van der Waals surface area (Å²) in [7, 11) is 2.03. The number of fused-ring (bicyclic) bond motifs is 4. The topological polar surface area (TPSA) is 24.8 Å². The lowest BCUT2D eigenvalue weighted by atomic mass is 9.99. The van der Waals surface area contributed by atoms with Crippen molar-refractivity contribution in [1.82, 2.24) is 4.90 Å². The molecule has 2 atom stereocenters. The maximum absolute atomic E-state index is 6.03. The summed E-state index contributed by atoms with van der Waals surface area (Å²) in [5, 5.41) is 2.49. The number of benzene rings is 2. The lowest BCUT2D eigenvalue weighted by Crippen LogP contribution is -2.37. The summed E-state index contributed by atoms with van der Waals surface area (Å²) in [5.74, 6) is 0.996. The van der Waals surface area contributed by atoms with Crippen LogP contribution in [-0.4, -0.2) is 30.9 Å². The molecule has 0 fully saturated rings. The van der Waals surface area contributed by atoms with Crippen molar-refractivity contribution in [1.29, 1.82) is 0 Å². The molecule has 0 N–H and O–H groups in total. The van der Waals surface area contributed by atoms with Crippen molar-refractivity contribution in [2.24, 2.45) is 4.99 Å². The minimum atomic E-state index is 0.159. The smallest absolute Gasteiger partial charge is 0.143 e. The van der Waals surface area contributed by atoms with E-state index in [1.165, 1.54) is 16.3 Å². The second-order valence-corrected chi connectivity index (χ2v) is 5.04. The van der Waals surface area contributed by atoms with Gasteiger partial charge in [0.15, 0.2) is 0 Å². The van der Waals surface area contributed by atoms with Crippen LogP contribution in [0.2, 0.25) is 0 Å². The molecule has 0 saturated heterocycles. The highest BCUT2D eigenvalue weighted by Crippen LogP contribution is 2.42. The molecular weight excluding hydrogens is 224 g/mol. The van der Waals surface area contributed by atoms with Gasteiger partial charge in [-0.3, -0.25) is 4.99 Å². The molecule has 0 aliphatic carbocycles. The van der Waals surface area contributed by atoms with Crippen molar-refractivity contribution in [2.75, 3.05) is 13.6 Å². The third kappa shape index (κ3) is 1.33. The quantitative estimate of drug-likeness (QED) is 0.704. The number of aliphatic imine (C=N–C) groups is 1. The molecule has 0 amide bonds. The van der Waals surface area contributed by atoms with E-state index in [1.54, 1.807) is 0 Å². The Balaban J connectivity index is 1.88. The largest absolute Gasteiger partial charge is 0.486 e. The fourth-order valence-electron chi connectivity index (χ4n) is 2.83. The summed E-state index contributed by atoms with van der Waals surface area (Å²) in [5.41, 5.74) is 1.23. The summed E-state index contributed by atoms with van der Waals surface area (Å²) < 4.78 is 6.03. The van der Waals surface area contributed by atoms with Crippen LogP contribution in [0.1, 0.15) is 11.6 Å². The Kier molecular flexibility index (Phi) is 1.92. The third-order valence-corrected chi connectivity index (χ3v) is 3.72. The molecule has 90 valence electrons. The Morgan fingerprint density at radius 1 is 1.22 bits per heavy atom. The normalized spacial score (nSPS) is 24.8. The van der Waals surface area contributed by atoms with Gasteiger partial charge in [0.2, 0.25) is 0 Å². The average molecular weight is 238 g/mol. The Morgan fingerprint density at radius 2 is 2.00 bits per heavy atom. The van der Waals surface area contributed by atoms with Crippen LogP contribution in [-0.2, 0) is 0 Å². The first-order valence-corrected chi connectivity index (χ1v) is 6.24.